The fraction of sp³-hybridized carbons (Fsp3) is 0.133. The van der Waals surface area contributed by atoms with E-state index in [1.54, 1.807) is 10.9 Å². The summed E-state index contributed by atoms with van der Waals surface area (Å²) in [5, 5.41) is 15.7. The Morgan fingerprint density at radius 3 is 2.82 bits per heavy atom. The van der Waals surface area contributed by atoms with Gasteiger partial charge in [0.2, 0.25) is 0 Å². The van der Waals surface area contributed by atoms with Crippen LogP contribution in [0.4, 0.5) is 10.1 Å². The van der Waals surface area contributed by atoms with Crippen LogP contribution < -0.4 is 5.32 Å². The van der Waals surface area contributed by atoms with Gasteiger partial charge in [0, 0.05) is 23.3 Å². The highest BCUT2D eigenvalue weighted by molar-refractivity contribution is 6.17. The molecule has 0 saturated carbocycles. The lowest BCUT2D eigenvalue weighted by Crippen LogP contribution is -2.13. The van der Waals surface area contributed by atoms with E-state index in [0.29, 0.717) is 23.7 Å². The number of aryl methyl sites for hydroxylation is 1. The average Bonchev–Trinajstić information content (AvgIpc) is 2.95. The summed E-state index contributed by atoms with van der Waals surface area (Å²) in [6.45, 7) is 0.541. The molecule has 0 spiro atoms. The Bertz CT molecular complexity index is 731. The fourth-order valence-electron chi connectivity index (χ4n) is 1.71. The van der Waals surface area contributed by atoms with Crippen LogP contribution in [0.25, 0.3) is 6.08 Å². The summed E-state index contributed by atoms with van der Waals surface area (Å²) in [5.41, 5.74) is 0.955. The first kappa shape index (κ1) is 15.7. The minimum absolute atomic E-state index is 0.0743. The van der Waals surface area contributed by atoms with E-state index in [1.165, 1.54) is 36.5 Å². The SMILES string of the molecule is N#CC(=Cc1cnn(CCCl)c1)C(=O)Nc1ccc(F)cc1. The van der Waals surface area contributed by atoms with E-state index in [2.05, 4.69) is 10.4 Å². The maximum atomic E-state index is 12.8. The minimum atomic E-state index is -0.570. The number of aromatic nitrogens is 2. The van der Waals surface area contributed by atoms with Crippen LogP contribution in [-0.2, 0) is 11.3 Å². The number of nitrogens with zero attached hydrogens (tertiary/aromatic N) is 3. The van der Waals surface area contributed by atoms with Crippen molar-refractivity contribution in [2.24, 2.45) is 0 Å². The predicted molar refractivity (Wildman–Crippen MR) is 81.6 cm³/mol. The van der Waals surface area contributed by atoms with Crippen LogP contribution in [0.15, 0.2) is 42.2 Å². The highest BCUT2D eigenvalue weighted by Crippen LogP contribution is 2.12. The molecule has 0 radical (unpaired) electrons. The van der Waals surface area contributed by atoms with Gasteiger partial charge in [0.05, 0.1) is 12.7 Å². The van der Waals surface area contributed by atoms with Crippen LogP contribution in [0.3, 0.4) is 0 Å². The largest absolute Gasteiger partial charge is 0.321 e. The van der Waals surface area contributed by atoms with E-state index < -0.39 is 11.7 Å². The van der Waals surface area contributed by atoms with Crippen molar-refractivity contribution in [2.45, 2.75) is 6.54 Å². The summed E-state index contributed by atoms with van der Waals surface area (Å²) in [4.78, 5) is 12.0. The van der Waals surface area contributed by atoms with Crippen LogP contribution in [0.5, 0.6) is 0 Å². The Balaban J connectivity index is 2.12. The molecule has 0 atom stereocenters. The molecule has 2 rings (SSSR count). The lowest BCUT2D eigenvalue weighted by atomic mass is 10.2. The molecule has 1 N–H and O–H groups in total. The van der Waals surface area contributed by atoms with Gasteiger partial charge >= 0.3 is 0 Å². The molecule has 2 aromatic rings. The molecule has 0 aliphatic heterocycles. The third kappa shape index (κ3) is 4.17. The minimum Gasteiger partial charge on any atom is -0.321 e. The van der Waals surface area contributed by atoms with Crippen molar-refractivity contribution < 1.29 is 9.18 Å². The van der Waals surface area contributed by atoms with E-state index in [4.69, 9.17) is 16.9 Å². The number of alkyl halides is 1. The molecule has 1 aromatic heterocycles. The highest BCUT2D eigenvalue weighted by Gasteiger charge is 2.10. The standard InChI is InChI=1S/C15H12ClFN4O/c16-5-6-21-10-11(9-19-21)7-12(8-18)15(22)20-14-3-1-13(17)2-4-14/h1-4,7,9-10H,5-6H2,(H,20,22). The molecule has 1 heterocycles. The molecule has 0 saturated heterocycles. The summed E-state index contributed by atoms with van der Waals surface area (Å²) < 4.78 is 14.4. The van der Waals surface area contributed by atoms with Gasteiger partial charge in [-0.1, -0.05) is 0 Å². The first-order valence-corrected chi connectivity index (χ1v) is 6.93. The second kappa shape index (κ2) is 7.38. The maximum absolute atomic E-state index is 12.8. The van der Waals surface area contributed by atoms with Gasteiger partial charge in [-0.05, 0) is 30.3 Å². The maximum Gasteiger partial charge on any atom is 0.266 e. The summed E-state index contributed by atoms with van der Waals surface area (Å²) in [6, 6.07) is 7.12. The predicted octanol–water partition coefficient (Wildman–Crippen LogP) is 2.81. The van der Waals surface area contributed by atoms with E-state index >= 15 is 0 Å². The van der Waals surface area contributed by atoms with E-state index in [0.717, 1.165) is 0 Å². The topological polar surface area (TPSA) is 70.7 Å². The molecule has 1 aromatic carbocycles. The summed E-state index contributed by atoms with van der Waals surface area (Å²) >= 11 is 5.61. The number of hydrogen-bond acceptors (Lipinski definition) is 3. The second-order valence-electron chi connectivity index (χ2n) is 4.36. The van der Waals surface area contributed by atoms with Crippen molar-refractivity contribution in [3.05, 3.63) is 53.6 Å². The van der Waals surface area contributed by atoms with E-state index in [1.807, 2.05) is 6.07 Å². The van der Waals surface area contributed by atoms with Crippen molar-refractivity contribution >= 4 is 29.3 Å². The van der Waals surface area contributed by atoms with E-state index in [9.17, 15) is 9.18 Å². The molecule has 0 aliphatic carbocycles. The molecule has 1 amide bonds. The van der Waals surface area contributed by atoms with Crippen molar-refractivity contribution in [1.29, 1.82) is 5.26 Å². The number of carbonyl (C=O) groups excluding carboxylic acids is 1. The van der Waals surface area contributed by atoms with Gasteiger partial charge in [-0.15, -0.1) is 11.6 Å². The normalized spacial score (nSPS) is 11.0. The van der Waals surface area contributed by atoms with E-state index in [-0.39, 0.29) is 5.57 Å². The Hall–Kier alpha value is -2.65. The molecule has 0 aliphatic rings. The number of nitriles is 1. The number of halogens is 2. The first-order valence-electron chi connectivity index (χ1n) is 6.39. The molecular formula is C15H12ClFN4O. The zero-order valence-corrected chi connectivity index (χ0v) is 12.2. The van der Waals surface area contributed by atoms with Crippen LogP contribution in [0.1, 0.15) is 5.56 Å². The number of hydrogen-bond donors (Lipinski definition) is 1. The van der Waals surface area contributed by atoms with Crippen LogP contribution >= 0.6 is 11.6 Å². The van der Waals surface area contributed by atoms with Crippen molar-refractivity contribution in [1.82, 2.24) is 9.78 Å². The summed E-state index contributed by atoms with van der Waals surface area (Å²) in [6.07, 6.45) is 4.65. The lowest BCUT2D eigenvalue weighted by molar-refractivity contribution is -0.112. The number of benzene rings is 1. The highest BCUT2D eigenvalue weighted by atomic mass is 35.5. The number of rotatable bonds is 5. The average molecular weight is 319 g/mol. The van der Waals surface area contributed by atoms with Crippen molar-refractivity contribution in [3.8, 4) is 6.07 Å². The number of anilines is 1. The molecular weight excluding hydrogens is 307 g/mol. The second-order valence-corrected chi connectivity index (χ2v) is 4.73. The summed E-state index contributed by atoms with van der Waals surface area (Å²) in [5.74, 6) is -0.555. The van der Waals surface area contributed by atoms with Gasteiger partial charge in [-0.2, -0.15) is 10.4 Å². The quantitative estimate of drug-likeness (QED) is 0.523. The third-order valence-corrected chi connectivity index (χ3v) is 2.91. The molecule has 0 bridgehead atoms. The van der Waals surface area contributed by atoms with Crippen molar-refractivity contribution in [2.75, 3.05) is 11.2 Å². The molecule has 0 fully saturated rings. The van der Waals surface area contributed by atoms with Crippen LogP contribution in [-0.4, -0.2) is 21.6 Å². The first-order chi connectivity index (χ1) is 10.6. The van der Waals surface area contributed by atoms with Gasteiger partial charge in [0.1, 0.15) is 17.5 Å². The van der Waals surface area contributed by atoms with Crippen LogP contribution in [0, 0.1) is 17.1 Å². The Labute approximate surface area is 131 Å². The monoisotopic (exact) mass is 318 g/mol. The Morgan fingerprint density at radius 1 is 1.45 bits per heavy atom. The van der Waals surface area contributed by atoms with Gasteiger partial charge in [0.15, 0.2) is 0 Å². The van der Waals surface area contributed by atoms with Gasteiger partial charge in [-0.25, -0.2) is 4.39 Å². The molecule has 22 heavy (non-hydrogen) atoms. The Kier molecular flexibility index (Phi) is 5.28. The van der Waals surface area contributed by atoms with Crippen LogP contribution in [0.2, 0.25) is 0 Å². The van der Waals surface area contributed by atoms with Gasteiger partial charge in [0.25, 0.3) is 5.91 Å². The van der Waals surface area contributed by atoms with Crippen molar-refractivity contribution in [3.63, 3.8) is 0 Å². The number of nitrogens with one attached hydrogen (secondary N) is 1. The zero-order valence-electron chi connectivity index (χ0n) is 11.5. The van der Waals surface area contributed by atoms with Gasteiger partial charge < -0.3 is 5.32 Å². The molecule has 0 unspecified atom stereocenters. The number of amides is 1. The third-order valence-electron chi connectivity index (χ3n) is 2.75. The smallest absolute Gasteiger partial charge is 0.266 e. The summed E-state index contributed by atoms with van der Waals surface area (Å²) in [7, 11) is 0. The number of carbonyl (C=O) groups is 1. The molecule has 112 valence electrons. The molecule has 7 heteroatoms. The Morgan fingerprint density at radius 2 is 2.18 bits per heavy atom. The lowest BCUT2D eigenvalue weighted by Gasteiger charge is -2.03. The molecule has 5 nitrogen and oxygen atoms in total. The van der Waals surface area contributed by atoms with Gasteiger partial charge in [-0.3, -0.25) is 9.48 Å². The zero-order chi connectivity index (χ0) is 15.9. The fourth-order valence-corrected chi connectivity index (χ4v) is 1.88.